The Kier molecular flexibility index (Phi) is 10.2. The molecule has 240 valence electrons. The van der Waals surface area contributed by atoms with E-state index in [1.165, 1.54) is 47.4 Å². The summed E-state index contributed by atoms with van der Waals surface area (Å²) in [5.41, 5.74) is 1.57. The van der Waals surface area contributed by atoms with E-state index >= 15 is 0 Å². The van der Waals surface area contributed by atoms with Crippen LogP contribution < -0.4 is 19.1 Å². The van der Waals surface area contributed by atoms with Crippen LogP contribution in [0.25, 0.3) is 0 Å². The maximum Gasteiger partial charge on any atom is 0.264 e. The molecular weight excluding hydrogens is 609 g/mol. The Morgan fingerprint density at radius 1 is 0.826 bits per heavy atom. The van der Waals surface area contributed by atoms with Gasteiger partial charge in [0.25, 0.3) is 10.0 Å². The summed E-state index contributed by atoms with van der Waals surface area (Å²) in [7, 11) is -4.27. The van der Waals surface area contributed by atoms with Crippen LogP contribution in [0.2, 0.25) is 0 Å². The van der Waals surface area contributed by atoms with Gasteiger partial charge in [0, 0.05) is 25.1 Å². The molecule has 0 saturated heterocycles. The minimum Gasteiger partial charge on any atom is -0.486 e. The van der Waals surface area contributed by atoms with Gasteiger partial charge in [-0.3, -0.25) is 13.9 Å². The van der Waals surface area contributed by atoms with Crippen molar-refractivity contribution in [2.75, 3.05) is 24.1 Å². The van der Waals surface area contributed by atoms with Crippen molar-refractivity contribution in [2.24, 2.45) is 0 Å². The van der Waals surface area contributed by atoms with Crippen molar-refractivity contribution < 1.29 is 31.9 Å². The zero-order valence-corrected chi connectivity index (χ0v) is 26.5. The molecule has 2 amide bonds. The molecule has 1 aliphatic heterocycles. The first-order chi connectivity index (χ1) is 22.1. The van der Waals surface area contributed by atoms with Crippen molar-refractivity contribution in [3.8, 4) is 11.5 Å². The number of sulfonamides is 1. The third kappa shape index (κ3) is 7.84. The van der Waals surface area contributed by atoms with Crippen molar-refractivity contribution in [2.45, 2.75) is 43.8 Å². The topological polar surface area (TPSA) is 105 Å². The lowest BCUT2D eigenvalue weighted by molar-refractivity contribution is -0.140. The van der Waals surface area contributed by atoms with Gasteiger partial charge in [0.1, 0.15) is 31.6 Å². The molecule has 0 aromatic heterocycles. The third-order valence-corrected chi connectivity index (χ3v) is 9.18. The van der Waals surface area contributed by atoms with Gasteiger partial charge < -0.3 is 19.7 Å². The molecule has 5 rings (SSSR count). The molecule has 1 aliphatic rings. The number of ether oxygens (including phenoxy) is 2. The molecule has 9 nitrogen and oxygen atoms in total. The van der Waals surface area contributed by atoms with Crippen LogP contribution in [0.5, 0.6) is 11.5 Å². The molecule has 0 saturated carbocycles. The smallest absolute Gasteiger partial charge is 0.264 e. The minimum absolute atomic E-state index is 0.0128. The molecule has 0 fully saturated rings. The Balaban J connectivity index is 1.58. The number of fused-ring (bicyclic) bond motifs is 1. The number of benzene rings is 4. The normalized spacial score (nSPS) is 13.1. The number of nitrogens with zero attached hydrogens (tertiary/aromatic N) is 2. The summed E-state index contributed by atoms with van der Waals surface area (Å²) in [5.74, 6) is -0.654. The Labute approximate surface area is 268 Å². The predicted molar refractivity (Wildman–Crippen MR) is 173 cm³/mol. The van der Waals surface area contributed by atoms with Gasteiger partial charge in [0.15, 0.2) is 11.5 Å². The van der Waals surface area contributed by atoms with Gasteiger partial charge in [0.2, 0.25) is 11.8 Å². The van der Waals surface area contributed by atoms with Crippen molar-refractivity contribution in [1.82, 2.24) is 10.2 Å². The monoisotopic (exact) mass is 645 g/mol. The summed E-state index contributed by atoms with van der Waals surface area (Å²) < 4.78 is 54.5. The van der Waals surface area contributed by atoms with Crippen molar-refractivity contribution in [3.05, 3.63) is 120 Å². The number of anilines is 1. The lowest BCUT2D eigenvalue weighted by Crippen LogP contribution is -2.54. The molecule has 11 heteroatoms. The lowest BCUT2D eigenvalue weighted by Gasteiger charge is -2.34. The van der Waals surface area contributed by atoms with Gasteiger partial charge in [-0.2, -0.15) is 0 Å². The first kappa shape index (κ1) is 32.5. The van der Waals surface area contributed by atoms with Crippen LogP contribution in [0.3, 0.4) is 0 Å². The zero-order chi connectivity index (χ0) is 32.7. The van der Waals surface area contributed by atoms with Crippen molar-refractivity contribution in [3.63, 3.8) is 0 Å². The van der Waals surface area contributed by atoms with E-state index in [1.807, 2.05) is 44.2 Å². The highest BCUT2D eigenvalue weighted by atomic mass is 32.2. The summed E-state index contributed by atoms with van der Waals surface area (Å²) in [6.07, 6.45) is 0.168. The Morgan fingerprint density at radius 3 is 2.11 bits per heavy atom. The average molecular weight is 646 g/mol. The van der Waals surface area contributed by atoms with E-state index < -0.39 is 40.2 Å². The molecule has 4 aromatic rings. The molecule has 1 atom stereocenters. The predicted octanol–water partition coefficient (Wildman–Crippen LogP) is 4.96. The van der Waals surface area contributed by atoms with Crippen LogP contribution in [0.4, 0.5) is 10.1 Å². The van der Waals surface area contributed by atoms with Gasteiger partial charge in [-0.05, 0) is 61.4 Å². The van der Waals surface area contributed by atoms with Gasteiger partial charge in [-0.1, -0.05) is 60.7 Å². The second-order valence-corrected chi connectivity index (χ2v) is 13.0. The Hall–Kier alpha value is -4.90. The molecule has 0 spiro atoms. The van der Waals surface area contributed by atoms with Gasteiger partial charge in [-0.25, -0.2) is 12.8 Å². The zero-order valence-electron chi connectivity index (χ0n) is 25.6. The van der Waals surface area contributed by atoms with E-state index in [0.29, 0.717) is 30.3 Å². The lowest BCUT2D eigenvalue weighted by atomic mass is 10.0. The average Bonchev–Trinajstić information content (AvgIpc) is 3.06. The molecule has 0 radical (unpaired) electrons. The molecule has 1 N–H and O–H groups in total. The first-order valence-electron chi connectivity index (χ1n) is 15.0. The van der Waals surface area contributed by atoms with Crippen molar-refractivity contribution in [1.29, 1.82) is 0 Å². The summed E-state index contributed by atoms with van der Waals surface area (Å²) in [5, 5.41) is 2.91. The number of rotatable bonds is 12. The summed E-state index contributed by atoms with van der Waals surface area (Å²) in [6, 6.07) is 26.1. The molecule has 0 unspecified atom stereocenters. The highest BCUT2D eigenvalue weighted by Crippen LogP contribution is 2.36. The van der Waals surface area contributed by atoms with E-state index in [4.69, 9.17) is 9.47 Å². The van der Waals surface area contributed by atoms with E-state index in [1.54, 1.807) is 30.3 Å². The van der Waals surface area contributed by atoms with Crippen LogP contribution in [-0.2, 0) is 32.6 Å². The van der Waals surface area contributed by atoms with E-state index in [9.17, 15) is 22.4 Å². The fraction of sp³-hybridized carbons (Fsp3) is 0.257. The van der Waals surface area contributed by atoms with E-state index in [-0.39, 0.29) is 29.6 Å². The van der Waals surface area contributed by atoms with Crippen LogP contribution in [0, 0.1) is 5.82 Å². The van der Waals surface area contributed by atoms with E-state index in [2.05, 4.69) is 5.32 Å². The van der Waals surface area contributed by atoms with Crippen LogP contribution in [-0.4, -0.2) is 57.0 Å². The number of carbonyl (C=O) groups excluding carboxylic acids is 2. The third-order valence-electron chi connectivity index (χ3n) is 7.39. The van der Waals surface area contributed by atoms with Crippen molar-refractivity contribution >= 4 is 27.5 Å². The standard InChI is InChI=1S/C35H36FN3O6S/c1-25(2)37-35(41)31(21-26-9-5-3-6-10-26)38(23-27-13-15-28(36)16-14-27)34(40)24-39(46(42,43)30-11-7-4-8-12-30)29-17-18-32-33(22-29)45-20-19-44-32/h3-18,22,25,31H,19-21,23-24H2,1-2H3,(H,37,41)/t31-/m1/s1. The highest BCUT2D eigenvalue weighted by Gasteiger charge is 2.35. The minimum atomic E-state index is -4.27. The summed E-state index contributed by atoms with van der Waals surface area (Å²) in [6.45, 7) is 3.59. The fourth-order valence-corrected chi connectivity index (χ4v) is 6.58. The first-order valence-corrected chi connectivity index (χ1v) is 16.4. The van der Waals surface area contributed by atoms with Crippen LogP contribution >= 0.6 is 0 Å². The molecule has 0 bridgehead atoms. The second kappa shape index (κ2) is 14.5. The molecule has 4 aromatic carbocycles. The molecular formula is C35H36FN3O6S. The number of hydrogen-bond acceptors (Lipinski definition) is 6. The quantitative estimate of drug-likeness (QED) is 0.234. The highest BCUT2D eigenvalue weighted by molar-refractivity contribution is 7.92. The number of amides is 2. The maximum absolute atomic E-state index is 14.5. The second-order valence-electron chi connectivity index (χ2n) is 11.2. The molecule has 0 aliphatic carbocycles. The Morgan fingerprint density at radius 2 is 1.46 bits per heavy atom. The largest absolute Gasteiger partial charge is 0.486 e. The maximum atomic E-state index is 14.5. The molecule has 46 heavy (non-hydrogen) atoms. The van der Waals surface area contributed by atoms with Gasteiger partial charge in [0.05, 0.1) is 10.6 Å². The summed E-state index contributed by atoms with van der Waals surface area (Å²) in [4.78, 5) is 29.6. The number of hydrogen-bond donors (Lipinski definition) is 1. The van der Waals surface area contributed by atoms with Gasteiger partial charge in [-0.15, -0.1) is 0 Å². The SMILES string of the molecule is CC(C)NC(=O)[C@@H](Cc1ccccc1)N(Cc1ccc(F)cc1)C(=O)CN(c1ccc2c(c1)OCCO2)S(=O)(=O)c1ccccc1. The fourth-order valence-electron chi connectivity index (χ4n) is 5.16. The number of nitrogens with one attached hydrogen (secondary N) is 1. The van der Waals surface area contributed by atoms with Gasteiger partial charge >= 0.3 is 0 Å². The van der Waals surface area contributed by atoms with Crippen LogP contribution in [0.1, 0.15) is 25.0 Å². The van der Waals surface area contributed by atoms with Crippen LogP contribution in [0.15, 0.2) is 108 Å². The van der Waals surface area contributed by atoms with E-state index in [0.717, 1.165) is 9.87 Å². The summed E-state index contributed by atoms with van der Waals surface area (Å²) >= 11 is 0. The Bertz CT molecular complexity index is 1750. The molecule has 1 heterocycles. The number of carbonyl (C=O) groups is 2. The number of halogens is 1.